The van der Waals surface area contributed by atoms with Gasteiger partial charge in [-0.3, -0.25) is 4.79 Å². The van der Waals surface area contributed by atoms with Gasteiger partial charge in [-0.15, -0.1) is 11.3 Å². The quantitative estimate of drug-likeness (QED) is 0.448. The largest absolute Gasteiger partial charge is 0.493 e. The Morgan fingerprint density at radius 1 is 1.06 bits per heavy atom. The number of carbonyl (C=O) groups excluding carboxylic acids is 2. The summed E-state index contributed by atoms with van der Waals surface area (Å²) in [6.45, 7) is -0.478. The van der Waals surface area contributed by atoms with E-state index in [0.717, 1.165) is 16.2 Å². The lowest BCUT2D eigenvalue weighted by Gasteiger charge is -2.26. The summed E-state index contributed by atoms with van der Waals surface area (Å²) < 4.78 is 27.3. The van der Waals surface area contributed by atoms with Crippen LogP contribution < -0.4 is 18.9 Å². The number of nitrogens with zero attached hydrogens (tertiary/aromatic N) is 2. The molecule has 0 N–H and O–H groups in total. The highest BCUT2D eigenvalue weighted by atomic mass is 32.1. The number of fused-ring (bicyclic) bond motifs is 1. The van der Waals surface area contributed by atoms with Gasteiger partial charge in [0.1, 0.15) is 6.61 Å². The van der Waals surface area contributed by atoms with E-state index in [1.165, 1.54) is 5.01 Å². The number of hydrogen-bond donors (Lipinski definition) is 0. The fourth-order valence-electron chi connectivity index (χ4n) is 4.08. The highest BCUT2D eigenvalue weighted by Gasteiger charge is 2.35. The Morgan fingerprint density at radius 2 is 1.86 bits per heavy atom. The Labute approximate surface area is 211 Å². The molecule has 186 valence electrons. The Morgan fingerprint density at radius 3 is 2.61 bits per heavy atom. The number of amides is 1. The van der Waals surface area contributed by atoms with Gasteiger partial charge in [-0.1, -0.05) is 24.3 Å². The number of rotatable bonds is 7. The third kappa shape index (κ3) is 4.72. The predicted molar refractivity (Wildman–Crippen MR) is 132 cm³/mol. The van der Waals surface area contributed by atoms with Crippen LogP contribution in [0.1, 0.15) is 22.9 Å². The normalized spacial score (nSPS) is 18.4. The molecule has 1 aromatic heterocycles. The summed E-state index contributed by atoms with van der Waals surface area (Å²) in [5.74, 6) is 1.02. The van der Waals surface area contributed by atoms with Crippen molar-refractivity contribution >= 4 is 28.9 Å². The lowest BCUT2D eigenvalue weighted by Crippen LogP contribution is -2.40. The summed E-state index contributed by atoms with van der Waals surface area (Å²) in [5.41, 5.74) is 1.60. The number of methoxy groups -OCH3 is 2. The van der Waals surface area contributed by atoms with Crippen molar-refractivity contribution in [2.45, 2.75) is 18.6 Å². The fraction of sp³-hybridized carbons (Fsp3) is 0.269. The zero-order valence-electron chi connectivity index (χ0n) is 19.7. The minimum Gasteiger partial charge on any atom is -0.493 e. The topological polar surface area (TPSA) is 95.9 Å². The molecule has 9 nitrogen and oxygen atoms in total. The number of carbonyl (C=O) groups is 2. The van der Waals surface area contributed by atoms with Crippen LogP contribution in [-0.2, 0) is 14.3 Å². The molecule has 0 radical (unpaired) electrons. The van der Waals surface area contributed by atoms with E-state index >= 15 is 0 Å². The molecule has 10 heteroatoms. The number of hydrazone groups is 1. The van der Waals surface area contributed by atoms with Gasteiger partial charge in [0.25, 0.3) is 5.91 Å². The molecule has 5 rings (SSSR count). The van der Waals surface area contributed by atoms with Gasteiger partial charge in [0, 0.05) is 6.42 Å². The van der Waals surface area contributed by atoms with Crippen molar-refractivity contribution in [1.29, 1.82) is 0 Å². The second-order valence-electron chi connectivity index (χ2n) is 8.07. The van der Waals surface area contributed by atoms with E-state index in [-0.39, 0.29) is 6.61 Å². The first-order valence-corrected chi connectivity index (χ1v) is 12.2. The predicted octanol–water partition coefficient (Wildman–Crippen LogP) is 3.83. The molecule has 0 spiro atoms. The molecule has 3 heterocycles. The van der Waals surface area contributed by atoms with E-state index in [1.807, 2.05) is 35.7 Å². The van der Waals surface area contributed by atoms with Crippen LogP contribution in [-0.4, -0.2) is 56.1 Å². The summed E-state index contributed by atoms with van der Waals surface area (Å²) in [7, 11) is 3.12. The maximum Gasteiger partial charge on any atom is 0.351 e. The zero-order valence-corrected chi connectivity index (χ0v) is 20.5. The van der Waals surface area contributed by atoms with Crippen molar-refractivity contribution in [1.82, 2.24) is 5.01 Å². The number of hydrogen-bond acceptors (Lipinski definition) is 9. The molecule has 2 unspecified atom stereocenters. The first kappa shape index (κ1) is 23.7. The second-order valence-corrected chi connectivity index (χ2v) is 9.02. The van der Waals surface area contributed by atoms with Crippen molar-refractivity contribution in [3.63, 3.8) is 0 Å². The van der Waals surface area contributed by atoms with Crippen LogP contribution in [0, 0.1) is 0 Å². The summed E-state index contributed by atoms with van der Waals surface area (Å²) in [5, 5.41) is 7.93. The van der Waals surface area contributed by atoms with Crippen molar-refractivity contribution in [3.8, 4) is 23.0 Å². The highest BCUT2D eigenvalue weighted by Crippen LogP contribution is 2.38. The van der Waals surface area contributed by atoms with Gasteiger partial charge in [-0.2, -0.15) is 5.10 Å². The SMILES string of the molecule is COc1ccc(C2CC(c3cccs3)=NN2C(=O)COC(=O)C2COc3ccccc3O2)cc1OC. The lowest BCUT2D eigenvalue weighted by molar-refractivity contribution is -0.160. The van der Waals surface area contributed by atoms with E-state index in [4.69, 9.17) is 23.7 Å². The zero-order chi connectivity index (χ0) is 25.1. The minimum absolute atomic E-state index is 0.00268. The third-order valence-electron chi connectivity index (χ3n) is 5.87. The smallest absolute Gasteiger partial charge is 0.351 e. The molecular weight excluding hydrogens is 484 g/mol. The molecule has 2 aromatic carbocycles. The van der Waals surface area contributed by atoms with E-state index < -0.39 is 30.6 Å². The standard InChI is InChI=1S/C26H24N2O7S/c1-31-19-10-9-16(12-22(19)32-2)18-13-17(24-8-5-11-36-24)27-28(18)25(29)15-34-26(30)23-14-33-20-6-3-4-7-21(20)35-23/h3-12,18,23H,13-15H2,1-2H3. The van der Waals surface area contributed by atoms with Gasteiger partial charge in [0.15, 0.2) is 29.6 Å². The molecule has 3 aromatic rings. The molecule has 0 saturated heterocycles. The van der Waals surface area contributed by atoms with Crippen LogP contribution in [0.2, 0.25) is 0 Å². The van der Waals surface area contributed by atoms with Crippen molar-refractivity contribution in [2.24, 2.45) is 5.10 Å². The highest BCUT2D eigenvalue weighted by molar-refractivity contribution is 7.12. The monoisotopic (exact) mass is 508 g/mol. The second kappa shape index (κ2) is 10.3. The van der Waals surface area contributed by atoms with Crippen LogP contribution in [0.15, 0.2) is 65.1 Å². The number of ether oxygens (including phenoxy) is 5. The Bertz CT molecular complexity index is 1290. The summed E-state index contributed by atoms with van der Waals surface area (Å²) in [6, 6.07) is 16.0. The number of thiophene rings is 1. The number of benzene rings is 2. The van der Waals surface area contributed by atoms with Gasteiger partial charge in [-0.25, -0.2) is 9.80 Å². The first-order chi connectivity index (χ1) is 17.6. The summed E-state index contributed by atoms with van der Waals surface area (Å²) in [6.07, 6.45) is -0.454. The molecule has 36 heavy (non-hydrogen) atoms. The van der Waals surface area contributed by atoms with Crippen LogP contribution >= 0.6 is 11.3 Å². The molecular formula is C26H24N2O7S. The molecule has 2 aliphatic rings. The molecule has 0 aliphatic carbocycles. The molecule has 0 fully saturated rings. The Balaban J connectivity index is 1.31. The van der Waals surface area contributed by atoms with Gasteiger partial charge in [-0.05, 0) is 41.3 Å². The van der Waals surface area contributed by atoms with E-state index in [1.54, 1.807) is 49.8 Å². The molecule has 0 saturated carbocycles. The Hall–Kier alpha value is -4.05. The van der Waals surface area contributed by atoms with Crippen molar-refractivity contribution in [3.05, 3.63) is 70.4 Å². The summed E-state index contributed by atoms with van der Waals surface area (Å²) >= 11 is 1.55. The minimum atomic E-state index is -0.960. The fourth-order valence-corrected chi connectivity index (χ4v) is 4.80. The average molecular weight is 509 g/mol. The van der Waals surface area contributed by atoms with Crippen molar-refractivity contribution < 1.29 is 33.3 Å². The maximum absolute atomic E-state index is 13.2. The van der Waals surface area contributed by atoms with E-state index in [2.05, 4.69) is 5.10 Å². The molecule has 0 bridgehead atoms. The van der Waals surface area contributed by atoms with Crippen LogP contribution in [0.5, 0.6) is 23.0 Å². The van der Waals surface area contributed by atoms with Gasteiger partial charge >= 0.3 is 5.97 Å². The van der Waals surface area contributed by atoms with Gasteiger partial charge in [0.2, 0.25) is 6.10 Å². The number of para-hydroxylation sites is 2. The Kier molecular flexibility index (Phi) is 6.77. The van der Waals surface area contributed by atoms with Crippen LogP contribution in [0.4, 0.5) is 0 Å². The number of esters is 1. The maximum atomic E-state index is 13.2. The molecule has 2 aliphatic heterocycles. The molecule has 1 amide bonds. The van der Waals surface area contributed by atoms with Crippen molar-refractivity contribution in [2.75, 3.05) is 27.4 Å². The average Bonchev–Trinajstić information content (AvgIpc) is 3.61. The van der Waals surface area contributed by atoms with E-state index in [9.17, 15) is 9.59 Å². The molecule has 2 atom stereocenters. The third-order valence-corrected chi connectivity index (χ3v) is 6.79. The first-order valence-electron chi connectivity index (χ1n) is 11.3. The summed E-state index contributed by atoms with van der Waals surface area (Å²) in [4.78, 5) is 26.8. The lowest BCUT2D eigenvalue weighted by atomic mass is 10.0. The van der Waals surface area contributed by atoms with Crippen LogP contribution in [0.3, 0.4) is 0 Å². The van der Waals surface area contributed by atoms with Gasteiger partial charge in [0.05, 0.1) is 30.9 Å². The van der Waals surface area contributed by atoms with Crippen LogP contribution in [0.25, 0.3) is 0 Å². The van der Waals surface area contributed by atoms with E-state index in [0.29, 0.717) is 29.4 Å². The van der Waals surface area contributed by atoms with Gasteiger partial charge < -0.3 is 23.7 Å².